The van der Waals surface area contributed by atoms with Crippen molar-refractivity contribution < 1.29 is 4.74 Å². The highest BCUT2D eigenvalue weighted by Gasteiger charge is 2.04. The first-order valence-electron chi connectivity index (χ1n) is 6.99. The Morgan fingerprint density at radius 1 is 1.00 bits per heavy atom. The van der Waals surface area contributed by atoms with Crippen LogP contribution in [-0.4, -0.2) is 25.8 Å². The van der Waals surface area contributed by atoms with Gasteiger partial charge in [-0.25, -0.2) is 0 Å². The van der Waals surface area contributed by atoms with Crippen molar-refractivity contribution in [1.82, 2.24) is 5.32 Å². The van der Waals surface area contributed by atoms with Gasteiger partial charge in [-0.1, -0.05) is 20.8 Å². The lowest BCUT2D eigenvalue weighted by atomic mass is 10.1. The first-order chi connectivity index (χ1) is 7.66. The summed E-state index contributed by atoms with van der Waals surface area (Å²) in [6.07, 6.45) is 6.61. The fraction of sp³-hybridized carbons (Fsp3) is 1.00. The molecule has 0 aromatic carbocycles. The van der Waals surface area contributed by atoms with Gasteiger partial charge in [0.25, 0.3) is 0 Å². The van der Waals surface area contributed by atoms with Crippen LogP contribution in [-0.2, 0) is 4.74 Å². The van der Waals surface area contributed by atoms with E-state index in [1.54, 1.807) is 0 Å². The molecule has 0 saturated carbocycles. The van der Waals surface area contributed by atoms with E-state index in [1.165, 1.54) is 32.1 Å². The first-order valence-corrected chi connectivity index (χ1v) is 6.99. The van der Waals surface area contributed by atoms with Crippen LogP contribution >= 0.6 is 0 Å². The predicted octanol–water partition coefficient (Wildman–Crippen LogP) is 3.61. The minimum atomic E-state index is 0.429. The quantitative estimate of drug-likeness (QED) is 0.547. The van der Waals surface area contributed by atoms with E-state index in [0.29, 0.717) is 6.10 Å². The molecule has 0 amide bonds. The van der Waals surface area contributed by atoms with Crippen molar-refractivity contribution in [2.75, 3.05) is 19.7 Å². The molecule has 0 aromatic heterocycles. The van der Waals surface area contributed by atoms with Crippen LogP contribution in [0.5, 0.6) is 0 Å². The molecule has 0 rings (SSSR count). The maximum absolute atomic E-state index is 5.76. The van der Waals surface area contributed by atoms with Crippen LogP contribution in [0.4, 0.5) is 0 Å². The minimum absolute atomic E-state index is 0.429. The van der Waals surface area contributed by atoms with E-state index in [2.05, 4.69) is 33.0 Å². The molecule has 0 saturated heterocycles. The molecule has 1 unspecified atom stereocenters. The molecule has 0 aliphatic carbocycles. The zero-order valence-electron chi connectivity index (χ0n) is 11.7. The van der Waals surface area contributed by atoms with Crippen molar-refractivity contribution in [2.24, 2.45) is 5.92 Å². The second kappa shape index (κ2) is 11.4. The Balaban J connectivity index is 3.08. The summed E-state index contributed by atoms with van der Waals surface area (Å²) in [5, 5.41) is 3.42. The van der Waals surface area contributed by atoms with Crippen molar-refractivity contribution >= 4 is 0 Å². The highest BCUT2D eigenvalue weighted by Crippen LogP contribution is 2.08. The van der Waals surface area contributed by atoms with Gasteiger partial charge < -0.3 is 10.1 Å². The van der Waals surface area contributed by atoms with Gasteiger partial charge in [-0.15, -0.1) is 0 Å². The summed E-state index contributed by atoms with van der Waals surface area (Å²) in [6, 6.07) is 0. The molecule has 1 N–H and O–H groups in total. The molecule has 0 spiro atoms. The maximum Gasteiger partial charge on any atom is 0.0549 e. The maximum atomic E-state index is 5.76. The van der Waals surface area contributed by atoms with E-state index in [-0.39, 0.29) is 0 Å². The second-order valence-corrected chi connectivity index (χ2v) is 5.12. The van der Waals surface area contributed by atoms with Gasteiger partial charge in [-0.2, -0.15) is 0 Å². The van der Waals surface area contributed by atoms with Crippen molar-refractivity contribution in [3.05, 3.63) is 0 Å². The second-order valence-electron chi connectivity index (χ2n) is 5.12. The van der Waals surface area contributed by atoms with Crippen molar-refractivity contribution in [1.29, 1.82) is 0 Å². The van der Waals surface area contributed by atoms with Gasteiger partial charge in [0.2, 0.25) is 0 Å². The number of hydrogen-bond acceptors (Lipinski definition) is 2. The number of ether oxygens (including phenoxy) is 1. The molecular formula is C14H31NO. The summed E-state index contributed by atoms with van der Waals surface area (Å²) in [6.45, 7) is 12.1. The number of rotatable bonds is 11. The summed E-state index contributed by atoms with van der Waals surface area (Å²) in [4.78, 5) is 0. The van der Waals surface area contributed by atoms with Crippen LogP contribution in [0.15, 0.2) is 0 Å². The monoisotopic (exact) mass is 229 g/mol. The number of nitrogens with one attached hydrogen (secondary N) is 1. The molecule has 16 heavy (non-hydrogen) atoms. The lowest BCUT2D eigenvalue weighted by Gasteiger charge is -2.14. The lowest BCUT2D eigenvalue weighted by molar-refractivity contribution is 0.0495. The van der Waals surface area contributed by atoms with Gasteiger partial charge in [0.1, 0.15) is 0 Å². The Morgan fingerprint density at radius 3 is 2.38 bits per heavy atom. The normalized spacial score (nSPS) is 13.3. The average molecular weight is 229 g/mol. The summed E-state index contributed by atoms with van der Waals surface area (Å²) >= 11 is 0. The summed E-state index contributed by atoms with van der Waals surface area (Å²) in [5.41, 5.74) is 0. The third kappa shape index (κ3) is 12.0. The molecule has 1 atom stereocenters. The van der Waals surface area contributed by atoms with Crippen LogP contribution in [0.1, 0.15) is 59.8 Å². The molecule has 0 aromatic rings. The number of unbranched alkanes of at least 4 members (excludes halogenated alkanes) is 2. The smallest absolute Gasteiger partial charge is 0.0549 e. The minimum Gasteiger partial charge on any atom is -0.379 e. The Kier molecular flexibility index (Phi) is 11.3. The third-order valence-corrected chi connectivity index (χ3v) is 2.63. The van der Waals surface area contributed by atoms with E-state index in [9.17, 15) is 0 Å². The lowest BCUT2D eigenvalue weighted by Crippen LogP contribution is -2.16. The van der Waals surface area contributed by atoms with Gasteiger partial charge in [-0.05, 0) is 58.0 Å². The highest BCUT2D eigenvalue weighted by molar-refractivity contribution is 4.54. The van der Waals surface area contributed by atoms with E-state index in [4.69, 9.17) is 4.74 Å². The average Bonchev–Trinajstić information content (AvgIpc) is 2.21. The SMILES string of the molecule is CCCNCCCCCOC(C)CC(C)C. The van der Waals surface area contributed by atoms with Gasteiger partial charge in [0, 0.05) is 6.61 Å². The molecule has 0 fully saturated rings. The van der Waals surface area contributed by atoms with Gasteiger partial charge in [0.05, 0.1) is 6.10 Å². The Morgan fingerprint density at radius 2 is 1.75 bits per heavy atom. The van der Waals surface area contributed by atoms with Gasteiger partial charge >= 0.3 is 0 Å². The predicted molar refractivity (Wildman–Crippen MR) is 71.9 cm³/mol. The third-order valence-electron chi connectivity index (χ3n) is 2.63. The van der Waals surface area contributed by atoms with E-state index >= 15 is 0 Å². The van der Waals surface area contributed by atoms with Crippen molar-refractivity contribution in [3.63, 3.8) is 0 Å². The van der Waals surface area contributed by atoms with E-state index < -0.39 is 0 Å². The van der Waals surface area contributed by atoms with Crippen LogP contribution < -0.4 is 5.32 Å². The first kappa shape index (κ1) is 15.9. The van der Waals surface area contributed by atoms with Crippen molar-refractivity contribution in [3.8, 4) is 0 Å². The van der Waals surface area contributed by atoms with E-state index in [1.807, 2.05) is 0 Å². The molecule has 98 valence electrons. The molecule has 0 aliphatic heterocycles. The highest BCUT2D eigenvalue weighted by atomic mass is 16.5. The van der Waals surface area contributed by atoms with Gasteiger partial charge in [0.15, 0.2) is 0 Å². The molecule has 0 radical (unpaired) electrons. The molecule has 2 heteroatoms. The fourth-order valence-corrected chi connectivity index (χ4v) is 1.85. The topological polar surface area (TPSA) is 21.3 Å². The largest absolute Gasteiger partial charge is 0.379 e. The molecule has 2 nitrogen and oxygen atoms in total. The standard InChI is InChI=1S/C14H31NO/c1-5-9-15-10-7-6-8-11-16-14(4)12-13(2)3/h13-15H,5-12H2,1-4H3. The van der Waals surface area contributed by atoms with Gasteiger partial charge in [-0.3, -0.25) is 0 Å². The fourth-order valence-electron chi connectivity index (χ4n) is 1.85. The summed E-state index contributed by atoms with van der Waals surface area (Å²) < 4.78 is 5.76. The zero-order valence-corrected chi connectivity index (χ0v) is 11.7. The van der Waals surface area contributed by atoms with Crippen LogP contribution in [0, 0.1) is 5.92 Å². The molecule has 0 bridgehead atoms. The van der Waals surface area contributed by atoms with Crippen LogP contribution in [0.2, 0.25) is 0 Å². The summed E-state index contributed by atoms with van der Waals surface area (Å²) in [5.74, 6) is 0.744. The van der Waals surface area contributed by atoms with Crippen LogP contribution in [0.3, 0.4) is 0 Å². The number of hydrogen-bond donors (Lipinski definition) is 1. The van der Waals surface area contributed by atoms with Crippen molar-refractivity contribution in [2.45, 2.75) is 65.9 Å². The zero-order chi connectivity index (χ0) is 12.2. The molecule has 0 aliphatic rings. The Bertz CT molecular complexity index is 137. The molecule has 0 heterocycles. The summed E-state index contributed by atoms with van der Waals surface area (Å²) in [7, 11) is 0. The molecular weight excluding hydrogens is 198 g/mol. The van der Waals surface area contributed by atoms with Crippen LogP contribution in [0.25, 0.3) is 0 Å². The van der Waals surface area contributed by atoms with E-state index in [0.717, 1.165) is 25.6 Å². The Labute approximate surface area is 102 Å². The Hall–Kier alpha value is -0.0800.